The molecule has 1 atom stereocenters. The lowest BCUT2D eigenvalue weighted by atomic mass is 10.2. The van der Waals surface area contributed by atoms with E-state index in [2.05, 4.69) is 24.2 Å². The minimum absolute atomic E-state index is 0.192. The van der Waals surface area contributed by atoms with Crippen LogP contribution in [-0.2, 0) is 16.0 Å². The maximum Gasteiger partial charge on any atom is 0.191 e. The zero-order valence-corrected chi connectivity index (χ0v) is 19.3. The molecule has 0 aromatic heterocycles. The Hall–Kier alpha value is -1.75. The first-order valence-corrected chi connectivity index (χ1v) is 11.5. The van der Waals surface area contributed by atoms with Crippen LogP contribution in [0.2, 0.25) is 0 Å². The molecule has 0 radical (unpaired) electrons. The minimum Gasteiger partial charge on any atom is -0.724 e. The highest BCUT2D eigenvalue weighted by Gasteiger charge is 2.36. The second-order valence-electron chi connectivity index (χ2n) is 7.21. The molecule has 0 aliphatic carbocycles. The number of quaternary nitrogens is 1. The third-order valence-corrected chi connectivity index (χ3v) is 6.35. The molecule has 1 heterocycles. The Balaban J connectivity index is 2.50. The van der Waals surface area contributed by atoms with Crippen LogP contribution in [0.5, 0.6) is 11.5 Å². The van der Waals surface area contributed by atoms with Gasteiger partial charge in [0.05, 0.1) is 53.6 Å². The Morgan fingerprint density at radius 3 is 2.20 bits per heavy atom. The summed E-state index contributed by atoms with van der Waals surface area (Å²) in [6, 6.07) is 3.43. The number of hydrogen-bond acceptors (Lipinski definition) is 7. The molecule has 1 aromatic carbocycles. The standard InChI is InChI=1S/C20H34N4O5S/c1-5-7-11-24(30(25)26,12-8-6-2)18-16-19(27-3)17(15-20(18)28-4)21-22-23-9-13-29-14-10-23/h15-16H,5-14H2,1-4H3. The number of hydrogen-bond donors (Lipinski definition) is 0. The third-order valence-electron chi connectivity index (χ3n) is 5.22. The van der Waals surface area contributed by atoms with Gasteiger partial charge in [-0.15, -0.1) is 5.11 Å². The van der Waals surface area contributed by atoms with Crippen molar-refractivity contribution in [2.24, 2.45) is 10.3 Å². The average molecular weight is 443 g/mol. The monoisotopic (exact) mass is 442 g/mol. The highest BCUT2D eigenvalue weighted by atomic mass is 32.2. The lowest BCUT2D eigenvalue weighted by molar-refractivity contribution is 0.0353. The molecule has 1 aliphatic heterocycles. The Labute approximate surface area is 182 Å². The molecular weight excluding hydrogens is 408 g/mol. The molecule has 0 saturated carbocycles. The van der Waals surface area contributed by atoms with Crippen LogP contribution in [0.25, 0.3) is 0 Å². The summed E-state index contributed by atoms with van der Waals surface area (Å²) < 4.78 is 41.4. The van der Waals surface area contributed by atoms with E-state index in [-0.39, 0.29) is 3.89 Å². The number of rotatable bonds is 12. The quantitative estimate of drug-likeness (QED) is 0.278. The maximum atomic E-state index is 12.5. The zero-order chi connectivity index (χ0) is 22.0. The lowest BCUT2D eigenvalue weighted by Gasteiger charge is -2.39. The molecule has 1 saturated heterocycles. The molecule has 30 heavy (non-hydrogen) atoms. The molecule has 1 aliphatic rings. The zero-order valence-electron chi connectivity index (χ0n) is 18.5. The fraction of sp³-hybridized carbons (Fsp3) is 0.700. The first-order valence-electron chi connectivity index (χ1n) is 10.5. The predicted molar refractivity (Wildman–Crippen MR) is 117 cm³/mol. The van der Waals surface area contributed by atoms with Gasteiger partial charge < -0.3 is 18.8 Å². The van der Waals surface area contributed by atoms with Crippen LogP contribution in [0.4, 0.5) is 11.4 Å². The molecule has 0 spiro atoms. The highest BCUT2D eigenvalue weighted by Crippen LogP contribution is 2.44. The van der Waals surface area contributed by atoms with Crippen molar-refractivity contribution in [3.63, 3.8) is 0 Å². The minimum atomic E-state index is -2.38. The van der Waals surface area contributed by atoms with Crippen molar-refractivity contribution in [3.8, 4) is 11.5 Å². The van der Waals surface area contributed by atoms with Crippen molar-refractivity contribution in [1.29, 1.82) is 0 Å². The molecule has 2 rings (SSSR count). The largest absolute Gasteiger partial charge is 0.724 e. The van der Waals surface area contributed by atoms with Crippen molar-refractivity contribution in [1.82, 2.24) is 8.90 Å². The highest BCUT2D eigenvalue weighted by molar-refractivity contribution is 7.78. The van der Waals surface area contributed by atoms with Crippen LogP contribution >= 0.6 is 0 Å². The summed E-state index contributed by atoms with van der Waals surface area (Å²) in [5.41, 5.74) is 1.06. The van der Waals surface area contributed by atoms with Crippen LogP contribution in [0.3, 0.4) is 0 Å². The maximum absolute atomic E-state index is 12.5. The van der Waals surface area contributed by atoms with Crippen molar-refractivity contribution in [2.75, 3.05) is 53.6 Å². The number of ether oxygens (including phenoxy) is 3. The third kappa shape index (κ3) is 5.90. The fourth-order valence-electron chi connectivity index (χ4n) is 3.43. The summed E-state index contributed by atoms with van der Waals surface area (Å²) in [6.45, 7) is 7.62. The normalized spacial score (nSPS) is 16.1. The summed E-state index contributed by atoms with van der Waals surface area (Å²) in [5.74, 6) is 0.923. The summed E-state index contributed by atoms with van der Waals surface area (Å²) in [7, 11) is 3.08. The first kappa shape index (κ1) is 24.5. The Bertz CT molecular complexity index is 717. The van der Waals surface area contributed by atoms with Crippen LogP contribution in [0.1, 0.15) is 39.5 Å². The van der Waals surface area contributed by atoms with Gasteiger partial charge in [0.15, 0.2) is 28.5 Å². The van der Waals surface area contributed by atoms with E-state index in [9.17, 15) is 8.76 Å². The van der Waals surface area contributed by atoms with E-state index in [1.807, 2.05) is 5.01 Å². The van der Waals surface area contributed by atoms with Gasteiger partial charge in [-0.2, -0.15) is 0 Å². The van der Waals surface area contributed by atoms with E-state index in [0.29, 0.717) is 62.3 Å². The van der Waals surface area contributed by atoms with E-state index in [1.165, 1.54) is 7.11 Å². The molecular formula is C20H34N4O5S. The van der Waals surface area contributed by atoms with Crippen molar-refractivity contribution in [3.05, 3.63) is 12.1 Å². The van der Waals surface area contributed by atoms with Crippen LogP contribution in [0, 0.1) is 0 Å². The molecule has 9 nitrogen and oxygen atoms in total. The number of methoxy groups -OCH3 is 2. The van der Waals surface area contributed by atoms with Crippen LogP contribution in [-0.4, -0.2) is 67.4 Å². The average Bonchev–Trinajstić information content (AvgIpc) is 2.78. The van der Waals surface area contributed by atoms with E-state index in [4.69, 9.17) is 14.2 Å². The van der Waals surface area contributed by atoms with E-state index < -0.39 is 11.3 Å². The van der Waals surface area contributed by atoms with Gasteiger partial charge in [0.2, 0.25) is 0 Å². The fourth-order valence-corrected chi connectivity index (χ4v) is 4.29. The lowest BCUT2D eigenvalue weighted by Crippen LogP contribution is -2.52. The predicted octanol–water partition coefficient (Wildman–Crippen LogP) is 3.74. The van der Waals surface area contributed by atoms with Gasteiger partial charge >= 0.3 is 0 Å². The molecule has 0 amide bonds. The van der Waals surface area contributed by atoms with Crippen LogP contribution in [0.15, 0.2) is 22.5 Å². The van der Waals surface area contributed by atoms with Gasteiger partial charge in [0.1, 0.15) is 5.69 Å². The van der Waals surface area contributed by atoms with Gasteiger partial charge in [-0.3, -0.25) is 5.01 Å². The molecule has 1 aromatic rings. The van der Waals surface area contributed by atoms with Crippen molar-refractivity contribution < 1.29 is 23.0 Å². The Morgan fingerprint density at radius 1 is 1.10 bits per heavy atom. The topological polar surface area (TPSA) is 95.8 Å². The van der Waals surface area contributed by atoms with Gasteiger partial charge in [0, 0.05) is 12.1 Å². The Morgan fingerprint density at radius 2 is 1.70 bits per heavy atom. The molecule has 0 bridgehead atoms. The summed E-state index contributed by atoms with van der Waals surface area (Å²) in [6.07, 6.45) is 3.35. The number of morpholine rings is 1. The number of nitrogens with zero attached hydrogens (tertiary/aromatic N) is 4. The second-order valence-corrected chi connectivity index (χ2v) is 8.35. The van der Waals surface area contributed by atoms with Crippen molar-refractivity contribution >= 4 is 22.6 Å². The van der Waals surface area contributed by atoms with E-state index in [0.717, 1.165) is 25.7 Å². The Kier molecular flexibility index (Phi) is 9.96. The molecule has 1 fully saturated rings. The van der Waals surface area contributed by atoms with Gasteiger partial charge in [-0.05, 0) is 12.8 Å². The van der Waals surface area contributed by atoms with E-state index in [1.54, 1.807) is 19.2 Å². The van der Waals surface area contributed by atoms with Crippen LogP contribution < -0.4 is 13.4 Å². The summed E-state index contributed by atoms with van der Waals surface area (Å²) >= 11 is -2.38. The molecule has 1 unspecified atom stereocenters. The van der Waals surface area contributed by atoms with Crippen molar-refractivity contribution in [2.45, 2.75) is 39.5 Å². The first-order chi connectivity index (χ1) is 14.5. The summed E-state index contributed by atoms with van der Waals surface area (Å²) in [4.78, 5) is 0. The van der Waals surface area contributed by atoms with Gasteiger partial charge in [-0.1, -0.05) is 31.9 Å². The number of unbranched alkanes of at least 4 members (excludes halogenated alkanes) is 2. The van der Waals surface area contributed by atoms with Gasteiger partial charge in [0.25, 0.3) is 0 Å². The molecule has 10 heteroatoms. The molecule has 170 valence electrons. The SMILES string of the molecule is CCCC[N+](CCCC)(c1cc(OC)c(N=NN2CCOCC2)cc1OC)S(=O)[O-]. The van der Waals surface area contributed by atoms with Gasteiger partial charge in [-0.25, -0.2) is 8.10 Å². The summed E-state index contributed by atoms with van der Waals surface area (Å²) in [5, 5.41) is 10.4. The second kappa shape index (κ2) is 12.2. The number of benzene rings is 1. The molecule has 0 N–H and O–H groups in total. The van der Waals surface area contributed by atoms with E-state index >= 15 is 0 Å². The smallest absolute Gasteiger partial charge is 0.191 e.